The smallest absolute Gasteiger partial charge is 0.0207 e. The van der Waals surface area contributed by atoms with Crippen molar-refractivity contribution < 1.29 is 0 Å². The Morgan fingerprint density at radius 3 is 2.64 bits per heavy atom. The molecule has 2 nitrogen and oxygen atoms in total. The van der Waals surface area contributed by atoms with Crippen molar-refractivity contribution in [2.75, 3.05) is 25.9 Å². The van der Waals surface area contributed by atoms with E-state index in [1.807, 2.05) is 11.8 Å². The van der Waals surface area contributed by atoms with Crippen molar-refractivity contribution in [3.63, 3.8) is 0 Å². The van der Waals surface area contributed by atoms with E-state index in [0.717, 1.165) is 17.8 Å². The minimum atomic E-state index is 0.708. The number of likely N-dealkylation sites (tertiary alicyclic amines) is 1. The molecule has 0 spiro atoms. The zero-order chi connectivity index (χ0) is 10.6. The summed E-state index contributed by atoms with van der Waals surface area (Å²) in [6.45, 7) is 10.5. The molecule has 1 aliphatic rings. The lowest BCUT2D eigenvalue weighted by Gasteiger charge is -2.21. The molecule has 2 atom stereocenters. The van der Waals surface area contributed by atoms with Crippen molar-refractivity contribution in [2.45, 2.75) is 44.5 Å². The van der Waals surface area contributed by atoms with Gasteiger partial charge in [-0.15, -0.1) is 0 Å². The van der Waals surface area contributed by atoms with E-state index in [0.29, 0.717) is 6.04 Å². The molecule has 1 N–H and O–H groups in total. The topological polar surface area (TPSA) is 15.3 Å². The van der Waals surface area contributed by atoms with E-state index in [2.05, 4.69) is 37.2 Å². The third-order valence-corrected chi connectivity index (χ3v) is 4.02. The first-order chi connectivity index (χ1) is 6.63. The van der Waals surface area contributed by atoms with Crippen molar-refractivity contribution in [1.29, 1.82) is 0 Å². The van der Waals surface area contributed by atoms with Gasteiger partial charge in [-0.05, 0) is 33.1 Å². The van der Waals surface area contributed by atoms with Gasteiger partial charge in [0.05, 0.1) is 0 Å². The summed E-state index contributed by atoms with van der Waals surface area (Å²) in [6, 6.07) is 1.44. The van der Waals surface area contributed by atoms with Crippen LogP contribution in [-0.4, -0.2) is 48.1 Å². The lowest BCUT2D eigenvalue weighted by Crippen LogP contribution is -2.37. The maximum Gasteiger partial charge on any atom is 0.0207 e. The van der Waals surface area contributed by atoms with Gasteiger partial charge in [0.15, 0.2) is 0 Å². The van der Waals surface area contributed by atoms with Crippen LogP contribution in [0.4, 0.5) is 0 Å². The standard InChI is InChI=1S/C11H24N2S/c1-9(2)13-6-5-11(8-13)12-7-10(3)14-4/h9-12H,5-8H2,1-4H3/t10-,11-/m0/s1. The van der Waals surface area contributed by atoms with Gasteiger partial charge in [0.2, 0.25) is 0 Å². The molecule has 1 heterocycles. The van der Waals surface area contributed by atoms with Crippen molar-refractivity contribution in [1.82, 2.24) is 10.2 Å². The van der Waals surface area contributed by atoms with E-state index >= 15 is 0 Å². The van der Waals surface area contributed by atoms with Gasteiger partial charge >= 0.3 is 0 Å². The van der Waals surface area contributed by atoms with Crippen LogP contribution >= 0.6 is 11.8 Å². The maximum absolute atomic E-state index is 3.65. The molecule has 14 heavy (non-hydrogen) atoms. The third-order valence-electron chi connectivity index (χ3n) is 3.05. The second kappa shape index (κ2) is 5.99. The first-order valence-electron chi connectivity index (χ1n) is 5.63. The van der Waals surface area contributed by atoms with Crippen LogP contribution in [0.15, 0.2) is 0 Å². The van der Waals surface area contributed by atoms with E-state index in [9.17, 15) is 0 Å². The molecule has 84 valence electrons. The van der Waals surface area contributed by atoms with Crippen LogP contribution in [0, 0.1) is 0 Å². The van der Waals surface area contributed by atoms with E-state index in [-0.39, 0.29) is 0 Å². The molecule has 1 fully saturated rings. The second-order valence-corrected chi connectivity index (χ2v) is 5.80. The summed E-state index contributed by atoms with van der Waals surface area (Å²) >= 11 is 1.94. The number of nitrogens with one attached hydrogen (secondary N) is 1. The van der Waals surface area contributed by atoms with Gasteiger partial charge in [0, 0.05) is 30.4 Å². The van der Waals surface area contributed by atoms with Crippen LogP contribution < -0.4 is 5.32 Å². The van der Waals surface area contributed by atoms with Crippen molar-refractivity contribution in [3.8, 4) is 0 Å². The fraction of sp³-hybridized carbons (Fsp3) is 1.00. The van der Waals surface area contributed by atoms with Gasteiger partial charge in [-0.1, -0.05) is 6.92 Å². The summed E-state index contributed by atoms with van der Waals surface area (Å²) in [6.07, 6.45) is 3.50. The SMILES string of the molecule is CS[C@@H](C)CN[C@H]1CCN(C(C)C)C1. The Kier molecular flexibility index (Phi) is 5.28. The van der Waals surface area contributed by atoms with Gasteiger partial charge in [-0.3, -0.25) is 4.90 Å². The Bertz CT molecular complexity index is 161. The van der Waals surface area contributed by atoms with E-state index < -0.39 is 0 Å². The highest BCUT2D eigenvalue weighted by atomic mass is 32.2. The Hall–Kier alpha value is 0.270. The van der Waals surface area contributed by atoms with Crippen LogP contribution in [0.3, 0.4) is 0 Å². The largest absolute Gasteiger partial charge is 0.312 e. The zero-order valence-corrected chi connectivity index (χ0v) is 10.7. The fourth-order valence-electron chi connectivity index (χ4n) is 1.84. The van der Waals surface area contributed by atoms with Crippen LogP contribution in [0.2, 0.25) is 0 Å². The Balaban J connectivity index is 2.16. The van der Waals surface area contributed by atoms with E-state index in [1.54, 1.807) is 0 Å². The van der Waals surface area contributed by atoms with Gasteiger partial charge in [-0.2, -0.15) is 11.8 Å². The molecule has 0 radical (unpaired) electrons. The average Bonchev–Trinajstić information content (AvgIpc) is 2.62. The highest BCUT2D eigenvalue weighted by Crippen LogP contribution is 2.13. The summed E-state index contributed by atoms with van der Waals surface area (Å²) in [5, 5.41) is 4.39. The van der Waals surface area contributed by atoms with Crippen LogP contribution in [0.5, 0.6) is 0 Å². The molecule has 0 bridgehead atoms. The molecule has 0 saturated carbocycles. The fourth-order valence-corrected chi connectivity index (χ4v) is 2.10. The Morgan fingerprint density at radius 1 is 1.43 bits per heavy atom. The zero-order valence-electron chi connectivity index (χ0n) is 9.92. The Morgan fingerprint density at radius 2 is 2.14 bits per heavy atom. The highest BCUT2D eigenvalue weighted by molar-refractivity contribution is 7.99. The van der Waals surface area contributed by atoms with Crippen LogP contribution in [-0.2, 0) is 0 Å². The van der Waals surface area contributed by atoms with Crippen molar-refractivity contribution >= 4 is 11.8 Å². The quantitative estimate of drug-likeness (QED) is 0.754. The molecular formula is C11H24N2S. The van der Waals surface area contributed by atoms with Gasteiger partial charge in [-0.25, -0.2) is 0 Å². The summed E-state index contributed by atoms with van der Waals surface area (Å²) in [5.41, 5.74) is 0. The molecule has 1 rings (SSSR count). The lowest BCUT2D eigenvalue weighted by molar-refractivity contribution is 0.268. The van der Waals surface area contributed by atoms with Gasteiger partial charge < -0.3 is 5.32 Å². The van der Waals surface area contributed by atoms with Crippen LogP contribution in [0.1, 0.15) is 27.2 Å². The first-order valence-corrected chi connectivity index (χ1v) is 6.92. The number of hydrogen-bond donors (Lipinski definition) is 1. The van der Waals surface area contributed by atoms with Gasteiger partial charge in [0.25, 0.3) is 0 Å². The minimum Gasteiger partial charge on any atom is -0.312 e. The molecule has 0 aliphatic carbocycles. The number of nitrogens with zero attached hydrogens (tertiary/aromatic N) is 1. The molecule has 3 heteroatoms. The van der Waals surface area contributed by atoms with Crippen LogP contribution in [0.25, 0.3) is 0 Å². The molecule has 0 aromatic carbocycles. The minimum absolute atomic E-state index is 0.708. The normalized spacial score (nSPS) is 25.9. The summed E-state index contributed by atoms with van der Waals surface area (Å²) < 4.78 is 0. The van der Waals surface area contributed by atoms with Crippen molar-refractivity contribution in [3.05, 3.63) is 0 Å². The number of hydrogen-bond acceptors (Lipinski definition) is 3. The number of rotatable bonds is 5. The average molecular weight is 216 g/mol. The van der Waals surface area contributed by atoms with Crippen molar-refractivity contribution in [2.24, 2.45) is 0 Å². The second-order valence-electron chi connectivity index (χ2n) is 4.53. The lowest BCUT2D eigenvalue weighted by atomic mass is 10.2. The first kappa shape index (κ1) is 12.3. The molecule has 0 amide bonds. The monoisotopic (exact) mass is 216 g/mol. The molecular weight excluding hydrogens is 192 g/mol. The van der Waals surface area contributed by atoms with Gasteiger partial charge in [0.1, 0.15) is 0 Å². The van der Waals surface area contributed by atoms with E-state index in [4.69, 9.17) is 0 Å². The molecule has 1 aliphatic heterocycles. The summed E-state index contributed by atoms with van der Waals surface area (Å²) in [5.74, 6) is 0. The highest BCUT2D eigenvalue weighted by Gasteiger charge is 2.23. The predicted octanol–water partition coefficient (Wildman–Crippen LogP) is 1.81. The Labute approximate surface area is 92.8 Å². The number of thioether (sulfide) groups is 1. The molecule has 0 aromatic heterocycles. The van der Waals surface area contributed by atoms with E-state index in [1.165, 1.54) is 19.5 Å². The maximum atomic E-state index is 3.65. The summed E-state index contributed by atoms with van der Waals surface area (Å²) in [4.78, 5) is 2.56. The predicted molar refractivity (Wildman–Crippen MR) is 66.1 cm³/mol. The molecule has 1 saturated heterocycles. The summed E-state index contributed by atoms with van der Waals surface area (Å²) in [7, 11) is 0. The molecule has 0 aromatic rings. The third kappa shape index (κ3) is 3.79. The molecule has 0 unspecified atom stereocenters.